The molecule has 0 heterocycles. The van der Waals surface area contributed by atoms with Crippen LogP contribution in [-0.4, -0.2) is 24.7 Å². The second-order valence-electron chi connectivity index (χ2n) is 9.20. The lowest BCUT2D eigenvalue weighted by atomic mass is 9.78. The summed E-state index contributed by atoms with van der Waals surface area (Å²) in [4.78, 5) is 11.5. The maximum atomic E-state index is 11.5. The van der Waals surface area contributed by atoms with Gasteiger partial charge in [0.1, 0.15) is 11.5 Å². The van der Waals surface area contributed by atoms with Crippen LogP contribution >= 0.6 is 0 Å². The van der Waals surface area contributed by atoms with Gasteiger partial charge in [0.05, 0.1) is 6.61 Å². The van der Waals surface area contributed by atoms with E-state index in [0.717, 1.165) is 43.2 Å². The molecule has 0 aliphatic heterocycles. The molecule has 1 N–H and O–H groups in total. The van der Waals surface area contributed by atoms with Crippen LogP contribution < -0.4 is 4.74 Å². The first kappa shape index (κ1) is 25.1. The molecule has 174 valence electrons. The molecule has 1 atom stereocenters. The average Bonchev–Trinajstić information content (AvgIpc) is 2.71. The maximum absolute atomic E-state index is 11.5. The minimum absolute atomic E-state index is 0.0908. The van der Waals surface area contributed by atoms with Gasteiger partial charge in [-0.25, -0.2) is 4.79 Å². The highest BCUT2D eigenvalue weighted by atomic mass is 16.8. The predicted octanol–water partition coefficient (Wildman–Crippen LogP) is 7.36. The van der Waals surface area contributed by atoms with Crippen molar-refractivity contribution in [3.05, 3.63) is 34.9 Å². The molecular weight excluding hydrogens is 392 g/mol. The number of phenols is 1. The molecule has 1 aliphatic rings. The standard InChI is InChI=1S/C26H40O5/c1-6-8-9-10-14-26(4,5)21-16-22(27)24(20-13-11-12-19(3)15-20)23(17-21)30-18-31-25(28)29-7-2/h15-17,20,27H,6-14,18H2,1-5H3. The van der Waals surface area contributed by atoms with E-state index < -0.39 is 6.16 Å². The number of ether oxygens (including phenoxy) is 3. The Labute approximate surface area is 187 Å². The topological polar surface area (TPSA) is 65.0 Å². The molecule has 0 saturated heterocycles. The number of hydrogen-bond donors (Lipinski definition) is 1. The molecule has 1 aromatic carbocycles. The van der Waals surface area contributed by atoms with E-state index in [1.54, 1.807) is 6.92 Å². The van der Waals surface area contributed by atoms with Gasteiger partial charge in [0.25, 0.3) is 0 Å². The molecule has 0 saturated carbocycles. The monoisotopic (exact) mass is 432 g/mol. The number of rotatable bonds is 11. The summed E-state index contributed by atoms with van der Waals surface area (Å²) in [5.74, 6) is 0.922. The van der Waals surface area contributed by atoms with Crippen LogP contribution in [0.4, 0.5) is 4.79 Å². The highest BCUT2D eigenvalue weighted by molar-refractivity contribution is 5.59. The van der Waals surface area contributed by atoms with Crippen LogP contribution in [0.15, 0.2) is 23.8 Å². The van der Waals surface area contributed by atoms with E-state index in [9.17, 15) is 9.90 Å². The SMILES string of the molecule is CCCCCCC(C)(C)c1cc(O)c(C2C=C(C)CCC2)c(OCOC(=O)OCC)c1. The maximum Gasteiger partial charge on any atom is 0.511 e. The van der Waals surface area contributed by atoms with Crippen LogP contribution in [0.5, 0.6) is 11.5 Å². The van der Waals surface area contributed by atoms with E-state index >= 15 is 0 Å². The van der Waals surface area contributed by atoms with E-state index in [1.807, 2.05) is 12.1 Å². The van der Waals surface area contributed by atoms with Crippen molar-refractivity contribution in [2.75, 3.05) is 13.4 Å². The summed E-state index contributed by atoms with van der Waals surface area (Å²) in [7, 11) is 0. The van der Waals surface area contributed by atoms with Crippen molar-refractivity contribution in [1.82, 2.24) is 0 Å². The van der Waals surface area contributed by atoms with Gasteiger partial charge in [0.2, 0.25) is 6.79 Å². The third-order valence-corrected chi connectivity index (χ3v) is 6.15. The fourth-order valence-corrected chi connectivity index (χ4v) is 4.27. The lowest BCUT2D eigenvalue weighted by Crippen LogP contribution is -2.19. The number of carbonyl (C=O) groups is 1. The number of phenolic OH excluding ortho intramolecular Hbond substituents is 1. The Kier molecular flexibility index (Phi) is 9.73. The van der Waals surface area contributed by atoms with Crippen molar-refractivity contribution in [2.24, 2.45) is 0 Å². The third kappa shape index (κ3) is 7.48. The molecule has 0 amide bonds. The second-order valence-corrected chi connectivity index (χ2v) is 9.20. The Morgan fingerprint density at radius 3 is 2.61 bits per heavy atom. The molecule has 31 heavy (non-hydrogen) atoms. The van der Waals surface area contributed by atoms with Crippen LogP contribution in [0.1, 0.15) is 103 Å². The van der Waals surface area contributed by atoms with Gasteiger partial charge in [-0.2, -0.15) is 0 Å². The van der Waals surface area contributed by atoms with Crippen LogP contribution in [0.25, 0.3) is 0 Å². The third-order valence-electron chi connectivity index (χ3n) is 6.15. The summed E-state index contributed by atoms with van der Waals surface area (Å²) < 4.78 is 15.7. The van der Waals surface area contributed by atoms with E-state index in [4.69, 9.17) is 14.2 Å². The summed E-state index contributed by atoms with van der Waals surface area (Å²) in [6.45, 7) is 10.5. The van der Waals surface area contributed by atoms with Crippen LogP contribution in [-0.2, 0) is 14.9 Å². The minimum Gasteiger partial charge on any atom is -0.507 e. The molecule has 0 radical (unpaired) electrons. The Balaban J connectivity index is 2.29. The molecule has 1 aliphatic carbocycles. The largest absolute Gasteiger partial charge is 0.511 e. The second kappa shape index (κ2) is 12.0. The first-order valence-corrected chi connectivity index (χ1v) is 11.8. The van der Waals surface area contributed by atoms with E-state index in [1.165, 1.54) is 24.8 Å². The molecule has 1 aromatic rings. The number of hydrogen-bond acceptors (Lipinski definition) is 5. The zero-order valence-corrected chi connectivity index (χ0v) is 20.0. The molecule has 5 heteroatoms. The number of allylic oxidation sites excluding steroid dienone is 2. The fourth-order valence-electron chi connectivity index (χ4n) is 4.27. The van der Waals surface area contributed by atoms with E-state index in [-0.39, 0.29) is 30.5 Å². The van der Waals surface area contributed by atoms with Crippen molar-refractivity contribution in [3.63, 3.8) is 0 Å². The van der Waals surface area contributed by atoms with Crippen molar-refractivity contribution in [1.29, 1.82) is 0 Å². The molecule has 1 unspecified atom stereocenters. The molecule has 0 spiro atoms. The Morgan fingerprint density at radius 1 is 1.16 bits per heavy atom. The lowest BCUT2D eigenvalue weighted by molar-refractivity contribution is 0.00636. The quantitative estimate of drug-likeness (QED) is 0.171. The number of unbranched alkanes of at least 4 members (excludes halogenated alkanes) is 3. The summed E-state index contributed by atoms with van der Waals surface area (Å²) >= 11 is 0. The highest BCUT2D eigenvalue weighted by Gasteiger charge is 2.27. The molecular formula is C26H40O5. The summed E-state index contributed by atoms with van der Waals surface area (Å²) in [6, 6.07) is 3.91. The van der Waals surface area contributed by atoms with Crippen LogP contribution in [0.2, 0.25) is 0 Å². The number of aromatic hydroxyl groups is 1. The van der Waals surface area contributed by atoms with Gasteiger partial charge >= 0.3 is 6.16 Å². The number of benzene rings is 1. The molecule has 2 rings (SSSR count). The minimum atomic E-state index is -0.755. The van der Waals surface area contributed by atoms with Crippen molar-refractivity contribution < 1.29 is 24.1 Å². The van der Waals surface area contributed by atoms with Gasteiger partial charge in [0, 0.05) is 11.5 Å². The summed E-state index contributed by atoms with van der Waals surface area (Å²) in [5, 5.41) is 11.0. The fraction of sp³-hybridized carbons (Fsp3) is 0.654. The Morgan fingerprint density at radius 2 is 1.94 bits per heavy atom. The highest BCUT2D eigenvalue weighted by Crippen LogP contribution is 2.44. The van der Waals surface area contributed by atoms with Crippen LogP contribution in [0.3, 0.4) is 0 Å². The first-order chi connectivity index (χ1) is 14.8. The lowest BCUT2D eigenvalue weighted by Gasteiger charge is -2.29. The summed E-state index contributed by atoms with van der Waals surface area (Å²) in [6.07, 6.45) is 10.4. The molecule has 0 aromatic heterocycles. The van der Waals surface area contributed by atoms with Crippen molar-refractivity contribution in [2.45, 2.75) is 97.3 Å². The van der Waals surface area contributed by atoms with Gasteiger partial charge in [-0.15, -0.1) is 0 Å². The zero-order valence-electron chi connectivity index (χ0n) is 20.0. The van der Waals surface area contributed by atoms with Gasteiger partial charge in [-0.3, -0.25) is 0 Å². The van der Waals surface area contributed by atoms with E-state index in [0.29, 0.717) is 5.75 Å². The smallest absolute Gasteiger partial charge is 0.507 e. The Hall–Kier alpha value is -2.17. The van der Waals surface area contributed by atoms with Gasteiger partial charge in [-0.05, 0) is 62.6 Å². The first-order valence-electron chi connectivity index (χ1n) is 11.8. The van der Waals surface area contributed by atoms with Gasteiger partial charge in [0.15, 0.2) is 0 Å². The average molecular weight is 433 g/mol. The van der Waals surface area contributed by atoms with Gasteiger partial charge < -0.3 is 19.3 Å². The molecule has 0 fully saturated rings. The van der Waals surface area contributed by atoms with Gasteiger partial charge in [-0.1, -0.05) is 58.1 Å². The normalized spacial score (nSPS) is 16.5. The van der Waals surface area contributed by atoms with Crippen molar-refractivity contribution >= 4 is 6.16 Å². The summed E-state index contributed by atoms with van der Waals surface area (Å²) in [5.41, 5.74) is 3.04. The molecule has 5 nitrogen and oxygen atoms in total. The van der Waals surface area contributed by atoms with Crippen LogP contribution in [0, 0.1) is 0 Å². The number of carbonyl (C=O) groups excluding carboxylic acids is 1. The van der Waals surface area contributed by atoms with E-state index in [2.05, 4.69) is 33.8 Å². The zero-order chi connectivity index (χ0) is 22.9. The predicted molar refractivity (Wildman–Crippen MR) is 124 cm³/mol. The Bertz CT molecular complexity index is 750. The molecule has 0 bridgehead atoms. The van der Waals surface area contributed by atoms with Crippen molar-refractivity contribution in [3.8, 4) is 11.5 Å².